The topological polar surface area (TPSA) is 40.5 Å². The molecule has 1 aromatic heterocycles. The molecule has 2 rings (SSSR count). The second-order valence-electron chi connectivity index (χ2n) is 4.45. The number of anilines is 1. The van der Waals surface area contributed by atoms with E-state index < -0.39 is 0 Å². The molecular weight excluding hydrogens is 258 g/mol. The van der Waals surface area contributed by atoms with Gasteiger partial charge >= 0.3 is 0 Å². The minimum absolute atomic E-state index is 0.0105. The van der Waals surface area contributed by atoms with E-state index in [9.17, 15) is 9.90 Å². The number of benzene rings is 1. The van der Waals surface area contributed by atoms with Crippen LogP contribution in [0.2, 0.25) is 0 Å². The Balaban J connectivity index is 2.43. The fourth-order valence-corrected chi connectivity index (χ4v) is 2.90. The highest BCUT2D eigenvalue weighted by Crippen LogP contribution is 2.28. The molecule has 100 valence electrons. The first kappa shape index (κ1) is 13.6. The standard InChI is InChI=1S/C15H17NO2S/c1-4-16(13-9-12(17)6-5-10(13)2)15(18)14-11(3)7-8-19-14/h5-9,17H,4H2,1-3H3. The summed E-state index contributed by atoms with van der Waals surface area (Å²) in [6, 6.07) is 7.04. The smallest absolute Gasteiger partial charge is 0.268 e. The van der Waals surface area contributed by atoms with Gasteiger partial charge in [0.2, 0.25) is 0 Å². The molecule has 0 bridgehead atoms. The minimum atomic E-state index is -0.0105. The first-order valence-electron chi connectivity index (χ1n) is 6.20. The molecule has 1 heterocycles. The Labute approximate surface area is 117 Å². The van der Waals surface area contributed by atoms with Crippen LogP contribution in [0, 0.1) is 13.8 Å². The largest absolute Gasteiger partial charge is 0.508 e. The predicted octanol–water partition coefficient (Wildman–Crippen LogP) is 3.74. The van der Waals surface area contributed by atoms with Crippen LogP contribution >= 0.6 is 11.3 Å². The fourth-order valence-electron chi connectivity index (χ4n) is 2.03. The number of hydrogen-bond donors (Lipinski definition) is 1. The number of amides is 1. The molecule has 1 aromatic carbocycles. The molecule has 0 aliphatic rings. The fraction of sp³-hybridized carbons (Fsp3) is 0.267. The lowest BCUT2D eigenvalue weighted by Gasteiger charge is -2.23. The summed E-state index contributed by atoms with van der Waals surface area (Å²) in [6.45, 7) is 6.38. The molecule has 3 nitrogen and oxygen atoms in total. The Morgan fingerprint density at radius 2 is 2.00 bits per heavy atom. The van der Waals surface area contributed by atoms with Gasteiger partial charge in [-0.3, -0.25) is 4.79 Å². The van der Waals surface area contributed by atoms with Gasteiger partial charge in [0, 0.05) is 12.6 Å². The molecule has 19 heavy (non-hydrogen) atoms. The summed E-state index contributed by atoms with van der Waals surface area (Å²) in [5, 5.41) is 11.5. The third-order valence-corrected chi connectivity index (χ3v) is 4.11. The van der Waals surface area contributed by atoms with Crippen molar-refractivity contribution in [2.24, 2.45) is 0 Å². The van der Waals surface area contributed by atoms with E-state index in [1.165, 1.54) is 11.3 Å². The molecule has 2 aromatic rings. The first-order chi connectivity index (χ1) is 9.04. The van der Waals surface area contributed by atoms with Crippen molar-refractivity contribution in [2.75, 3.05) is 11.4 Å². The Morgan fingerprint density at radius 3 is 2.58 bits per heavy atom. The van der Waals surface area contributed by atoms with Gasteiger partial charge in [0.05, 0.1) is 10.6 Å². The third-order valence-electron chi connectivity index (χ3n) is 3.10. The Morgan fingerprint density at radius 1 is 1.26 bits per heavy atom. The van der Waals surface area contributed by atoms with Crippen LogP contribution in [0.3, 0.4) is 0 Å². The summed E-state index contributed by atoms with van der Waals surface area (Å²) >= 11 is 1.45. The van der Waals surface area contributed by atoms with Gasteiger partial charge in [0.15, 0.2) is 0 Å². The summed E-state index contributed by atoms with van der Waals surface area (Å²) in [6.07, 6.45) is 0. The van der Waals surface area contributed by atoms with Crippen LogP contribution in [-0.4, -0.2) is 17.6 Å². The second kappa shape index (κ2) is 5.45. The molecule has 4 heteroatoms. The molecule has 0 saturated carbocycles. The molecule has 1 amide bonds. The summed E-state index contributed by atoms with van der Waals surface area (Å²) in [4.78, 5) is 15.0. The number of carbonyl (C=O) groups is 1. The van der Waals surface area contributed by atoms with Crippen molar-refractivity contribution in [3.8, 4) is 5.75 Å². The molecule has 0 aliphatic carbocycles. The zero-order valence-electron chi connectivity index (χ0n) is 11.3. The molecule has 0 fully saturated rings. The SMILES string of the molecule is CCN(C(=O)c1sccc1C)c1cc(O)ccc1C. The summed E-state index contributed by atoms with van der Waals surface area (Å²) in [7, 11) is 0. The van der Waals surface area contributed by atoms with Crippen LogP contribution < -0.4 is 4.90 Å². The number of phenolic OH excluding ortho intramolecular Hbond substituents is 1. The van der Waals surface area contributed by atoms with E-state index in [1.807, 2.05) is 38.3 Å². The highest BCUT2D eigenvalue weighted by Gasteiger charge is 2.20. The highest BCUT2D eigenvalue weighted by molar-refractivity contribution is 7.12. The van der Waals surface area contributed by atoms with Crippen molar-refractivity contribution in [3.05, 3.63) is 45.6 Å². The van der Waals surface area contributed by atoms with Crippen molar-refractivity contribution in [3.63, 3.8) is 0 Å². The van der Waals surface area contributed by atoms with Crippen molar-refractivity contribution < 1.29 is 9.90 Å². The van der Waals surface area contributed by atoms with Gasteiger partial charge in [-0.25, -0.2) is 0 Å². The van der Waals surface area contributed by atoms with Crippen molar-refractivity contribution in [1.82, 2.24) is 0 Å². The molecule has 0 saturated heterocycles. The van der Waals surface area contributed by atoms with Gasteiger partial charge in [-0.2, -0.15) is 0 Å². The van der Waals surface area contributed by atoms with E-state index in [0.717, 1.165) is 21.7 Å². The zero-order chi connectivity index (χ0) is 14.0. The monoisotopic (exact) mass is 275 g/mol. The quantitative estimate of drug-likeness (QED) is 0.927. The molecule has 0 atom stereocenters. The van der Waals surface area contributed by atoms with E-state index in [-0.39, 0.29) is 11.7 Å². The molecule has 0 radical (unpaired) electrons. The lowest BCUT2D eigenvalue weighted by Crippen LogP contribution is -2.31. The number of hydrogen-bond acceptors (Lipinski definition) is 3. The van der Waals surface area contributed by atoms with E-state index in [4.69, 9.17) is 0 Å². The van der Waals surface area contributed by atoms with Crippen molar-refractivity contribution >= 4 is 22.9 Å². The summed E-state index contributed by atoms with van der Waals surface area (Å²) < 4.78 is 0. The normalized spacial score (nSPS) is 10.5. The Bertz CT molecular complexity index is 604. The minimum Gasteiger partial charge on any atom is -0.508 e. The number of carbonyl (C=O) groups excluding carboxylic acids is 1. The number of aromatic hydroxyl groups is 1. The van der Waals surface area contributed by atoms with Gasteiger partial charge in [0.25, 0.3) is 5.91 Å². The van der Waals surface area contributed by atoms with Gasteiger partial charge in [-0.1, -0.05) is 6.07 Å². The number of rotatable bonds is 3. The van der Waals surface area contributed by atoms with Crippen LogP contribution in [0.25, 0.3) is 0 Å². The number of thiophene rings is 1. The van der Waals surface area contributed by atoms with E-state index in [0.29, 0.717) is 6.54 Å². The van der Waals surface area contributed by atoms with Crippen molar-refractivity contribution in [1.29, 1.82) is 0 Å². The zero-order valence-corrected chi connectivity index (χ0v) is 12.1. The van der Waals surface area contributed by atoms with Crippen LogP contribution in [0.1, 0.15) is 27.7 Å². The van der Waals surface area contributed by atoms with Crippen molar-refractivity contribution in [2.45, 2.75) is 20.8 Å². The first-order valence-corrected chi connectivity index (χ1v) is 7.08. The van der Waals surface area contributed by atoms with Gasteiger partial charge < -0.3 is 10.0 Å². The molecule has 0 unspecified atom stereocenters. The average Bonchev–Trinajstić information content (AvgIpc) is 2.80. The number of nitrogens with zero attached hydrogens (tertiary/aromatic N) is 1. The molecule has 0 spiro atoms. The summed E-state index contributed by atoms with van der Waals surface area (Å²) in [5.74, 6) is 0.165. The van der Waals surface area contributed by atoms with Crippen LogP contribution in [0.5, 0.6) is 5.75 Å². The second-order valence-corrected chi connectivity index (χ2v) is 5.37. The lowest BCUT2D eigenvalue weighted by atomic mass is 10.1. The summed E-state index contributed by atoms with van der Waals surface area (Å²) in [5.41, 5.74) is 2.73. The Hall–Kier alpha value is -1.81. The predicted molar refractivity (Wildman–Crippen MR) is 79.3 cm³/mol. The van der Waals surface area contributed by atoms with E-state index in [2.05, 4.69) is 0 Å². The number of phenols is 1. The third kappa shape index (κ3) is 2.63. The van der Waals surface area contributed by atoms with Crippen LogP contribution in [0.15, 0.2) is 29.6 Å². The molecule has 0 aliphatic heterocycles. The van der Waals surface area contributed by atoms with E-state index >= 15 is 0 Å². The van der Waals surface area contributed by atoms with Crippen LogP contribution in [0.4, 0.5) is 5.69 Å². The lowest BCUT2D eigenvalue weighted by molar-refractivity contribution is 0.0991. The maximum Gasteiger partial charge on any atom is 0.268 e. The molecule has 1 N–H and O–H groups in total. The maximum atomic E-state index is 12.6. The Kier molecular flexibility index (Phi) is 3.90. The maximum absolute atomic E-state index is 12.6. The van der Waals surface area contributed by atoms with Gasteiger partial charge in [-0.15, -0.1) is 11.3 Å². The van der Waals surface area contributed by atoms with Crippen LogP contribution in [-0.2, 0) is 0 Å². The van der Waals surface area contributed by atoms with E-state index in [1.54, 1.807) is 17.0 Å². The average molecular weight is 275 g/mol. The molecular formula is C15H17NO2S. The number of aryl methyl sites for hydroxylation is 2. The highest BCUT2D eigenvalue weighted by atomic mass is 32.1. The van der Waals surface area contributed by atoms with Gasteiger partial charge in [0.1, 0.15) is 5.75 Å². The van der Waals surface area contributed by atoms with Gasteiger partial charge in [-0.05, 0) is 49.4 Å².